The van der Waals surface area contributed by atoms with E-state index < -0.39 is 18.0 Å². The van der Waals surface area contributed by atoms with Gasteiger partial charge < -0.3 is 15.9 Å². The van der Waals surface area contributed by atoms with Gasteiger partial charge in [-0.25, -0.2) is 4.79 Å². The summed E-state index contributed by atoms with van der Waals surface area (Å²) < 4.78 is 0. The molecule has 0 fully saturated rings. The molecule has 0 aliphatic rings. The highest BCUT2D eigenvalue weighted by molar-refractivity contribution is 7.98. The summed E-state index contributed by atoms with van der Waals surface area (Å²) in [5.41, 5.74) is 5.19. The van der Waals surface area contributed by atoms with Crippen molar-refractivity contribution in [1.82, 2.24) is 0 Å². The highest BCUT2D eigenvalue weighted by Crippen LogP contribution is 1.97. The molecule has 0 aliphatic heterocycles. The third-order valence-corrected chi connectivity index (χ3v) is 1.77. The minimum atomic E-state index is -0.981. The molecule has 0 aromatic carbocycles. The van der Waals surface area contributed by atoms with Crippen LogP contribution in [-0.4, -0.2) is 40.2 Å². The van der Waals surface area contributed by atoms with Gasteiger partial charge in [0, 0.05) is 6.08 Å². The molecule has 1 unspecified atom stereocenters. The first-order valence-electron chi connectivity index (χ1n) is 3.78. The number of aliphatic carboxylic acids is 2. The number of hydrogen-bond acceptors (Lipinski definition) is 4. The summed E-state index contributed by atoms with van der Waals surface area (Å²) in [5.74, 6) is -1.08. The number of thioether (sulfide) groups is 1. The van der Waals surface area contributed by atoms with Crippen LogP contribution in [0.2, 0.25) is 0 Å². The van der Waals surface area contributed by atoms with E-state index in [1.165, 1.54) is 0 Å². The van der Waals surface area contributed by atoms with Crippen LogP contribution in [-0.2, 0) is 9.59 Å². The van der Waals surface area contributed by atoms with Gasteiger partial charge in [-0.15, -0.1) is 0 Å². The Morgan fingerprint density at radius 1 is 1.57 bits per heavy atom. The molecular formula is C8H15NO4S. The van der Waals surface area contributed by atoms with E-state index in [2.05, 4.69) is 6.58 Å². The highest BCUT2D eigenvalue weighted by Gasteiger charge is 2.08. The summed E-state index contributed by atoms with van der Waals surface area (Å²) in [6.07, 6.45) is 3.31. The third kappa shape index (κ3) is 13.6. The molecule has 4 N–H and O–H groups in total. The number of rotatable bonds is 5. The Morgan fingerprint density at radius 2 is 2.00 bits per heavy atom. The molecule has 5 nitrogen and oxygen atoms in total. The zero-order chi connectivity index (χ0) is 11.6. The van der Waals surface area contributed by atoms with E-state index in [9.17, 15) is 9.59 Å². The quantitative estimate of drug-likeness (QED) is 0.581. The molecule has 0 radical (unpaired) electrons. The average molecular weight is 221 g/mol. The van der Waals surface area contributed by atoms with Gasteiger partial charge in [0.15, 0.2) is 0 Å². The Morgan fingerprint density at radius 3 is 2.21 bits per heavy atom. The van der Waals surface area contributed by atoms with Gasteiger partial charge in [-0.3, -0.25) is 4.79 Å². The number of carboxylic acid groups (broad SMARTS) is 2. The van der Waals surface area contributed by atoms with Gasteiger partial charge >= 0.3 is 11.9 Å². The van der Waals surface area contributed by atoms with E-state index in [-0.39, 0.29) is 0 Å². The largest absolute Gasteiger partial charge is 0.480 e. The molecule has 0 aliphatic carbocycles. The van der Waals surface area contributed by atoms with E-state index in [1.54, 1.807) is 11.8 Å². The summed E-state index contributed by atoms with van der Waals surface area (Å²) in [6.45, 7) is 2.96. The summed E-state index contributed by atoms with van der Waals surface area (Å²) in [4.78, 5) is 19.3. The van der Waals surface area contributed by atoms with Crippen molar-refractivity contribution in [1.29, 1.82) is 0 Å². The maximum absolute atomic E-state index is 10.1. The van der Waals surface area contributed by atoms with Crippen LogP contribution in [0.4, 0.5) is 0 Å². The monoisotopic (exact) mass is 221 g/mol. The third-order valence-electron chi connectivity index (χ3n) is 1.12. The topological polar surface area (TPSA) is 101 Å². The van der Waals surface area contributed by atoms with Crippen LogP contribution in [0.15, 0.2) is 12.7 Å². The fourth-order valence-electron chi connectivity index (χ4n) is 0.368. The van der Waals surface area contributed by atoms with Gasteiger partial charge in [-0.05, 0) is 18.4 Å². The van der Waals surface area contributed by atoms with Crippen molar-refractivity contribution < 1.29 is 19.8 Å². The van der Waals surface area contributed by atoms with Crippen LogP contribution in [0, 0.1) is 0 Å². The smallest absolute Gasteiger partial charge is 0.327 e. The first-order valence-corrected chi connectivity index (χ1v) is 5.17. The molecule has 82 valence electrons. The molecule has 0 spiro atoms. The van der Waals surface area contributed by atoms with Crippen molar-refractivity contribution >= 4 is 23.7 Å². The fraction of sp³-hybridized carbons (Fsp3) is 0.500. The Labute approximate surface area is 87.0 Å². The Balaban J connectivity index is 0. The first kappa shape index (κ1) is 15.5. The predicted molar refractivity (Wildman–Crippen MR) is 56.4 cm³/mol. The fourth-order valence-corrected chi connectivity index (χ4v) is 0.858. The minimum absolute atomic E-state index is 0.552. The van der Waals surface area contributed by atoms with Gasteiger partial charge in [-0.1, -0.05) is 6.58 Å². The lowest BCUT2D eigenvalue weighted by molar-refractivity contribution is -0.138. The number of carboxylic acids is 2. The van der Waals surface area contributed by atoms with Crippen LogP contribution in [0.3, 0.4) is 0 Å². The van der Waals surface area contributed by atoms with Gasteiger partial charge in [0.05, 0.1) is 0 Å². The normalized spacial score (nSPS) is 10.7. The Bertz CT molecular complexity index is 196. The SMILES string of the molecule is C=CC(=O)O.CSCCC(N)C(=O)O. The second-order valence-electron chi connectivity index (χ2n) is 2.27. The lowest BCUT2D eigenvalue weighted by Crippen LogP contribution is -2.30. The zero-order valence-electron chi connectivity index (χ0n) is 7.97. The van der Waals surface area contributed by atoms with Crippen molar-refractivity contribution in [3.05, 3.63) is 12.7 Å². The predicted octanol–water partition coefficient (Wildman–Crippen LogP) is 0.408. The van der Waals surface area contributed by atoms with Crippen LogP contribution >= 0.6 is 11.8 Å². The maximum atomic E-state index is 10.1. The molecule has 0 aromatic heterocycles. The van der Waals surface area contributed by atoms with Gasteiger partial charge in [0.2, 0.25) is 0 Å². The second-order valence-corrected chi connectivity index (χ2v) is 3.25. The van der Waals surface area contributed by atoms with Crippen LogP contribution in [0.1, 0.15) is 6.42 Å². The number of hydrogen-bond donors (Lipinski definition) is 3. The van der Waals surface area contributed by atoms with E-state index in [0.29, 0.717) is 6.42 Å². The molecule has 1 atom stereocenters. The lowest BCUT2D eigenvalue weighted by Gasteiger charge is -2.02. The van der Waals surface area contributed by atoms with E-state index in [4.69, 9.17) is 15.9 Å². The molecule has 0 amide bonds. The Kier molecular flexibility index (Phi) is 11.1. The molecule has 0 rings (SSSR count). The van der Waals surface area contributed by atoms with Crippen molar-refractivity contribution in [3.8, 4) is 0 Å². The van der Waals surface area contributed by atoms with Gasteiger partial charge in [0.25, 0.3) is 0 Å². The van der Waals surface area contributed by atoms with Crippen molar-refractivity contribution in [2.75, 3.05) is 12.0 Å². The van der Waals surface area contributed by atoms with Crippen LogP contribution < -0.4 is 5.73 Å². The summed E-state index contributed by atoms with van der Waals surface area (Å²) in [5, 5.41) is 15.9. The highest BCUT2D eigenvalue weighted by atomic mass is 32.2. The lowest BCUT2D eigenvalue weighted by atomic mass is 10.2. The number of nitrogens with two attached hydrogens (primary N) is 1. The number of carbonyl (C=O) groups is 2. The Hall–Kier alpha value is -1.01. The van der Waals surface area contributed by atoms with Crippen LogP contribution in [0.25, 0.3) is 0 Å². The van der Waals surface area contributed by atoms with Crippen LogP contribution in [0.5, 0.6) is 0 Å². The summed E-state index contributed by atoms with van der Waals surface area (Å²) in [7, 11) is 0. The van der Waals surface area contributed by atoms with Crippen molar-refractivity contribution in [2.24, 2.45) is 5.73 Å². The standard InChI is InChI=1S/C5H11NO2S.C3H4O2/c1-9-3-2-4(6)5(7)8;1-2-3(4)5/h4H,2-3,6H2,1H3,(H,7,8);2H,1H2,(H,4,5). The maximum Gasteiger partial charge on any atom is 0.327 e. The van der Waals surface area contributed by atoms with E-state index in [1.807, 2.05) is 6.26 Å². The molecular weight excluding hydrogens is 206 g/mol. The molecule has 0 heterocycles. The van der Waals surface area contributed by atoms with E-state index >= 15 is 0 Å². The summed E-state index contributed by atoms with van der Waals surface area (Å²) in [6, 6.07) is -0.683. The minimum Gasteiger partial charge on any atom is -0.480 e. The summed E-state index contributed by atoms with van der Waals surface area (Å²) >= 11 is 1.60. The van der Waals surface area contributed by atoms with Gasteiger partial charge in [0.1, 0.15) is 6.04 Å². The zero-order valence-corrected chi connectivity index (χ0v) is 8.79. The molecule has 0 saturated heterocycles. The molecule has 6 heteroatoms. The molecule has 0 bridgehead atoms. The van der Waals surface area contributed by atoms with Crippen molar-refractivity contribution in [3.63, 3.8) is 0 Å². The molecule has 0 saturated carbocycles. The average Bonchev–Trinajstić information content (AvgIpc) is 2.14. The second kappa shape index (κ2) is 10.1. The molecule has 14 heavy (non-hydrogen) atoms. The first-order chi connectivity index (χ1) is 6.45. The molecule has 0 aromatic rings. The van der Waals surface area contributed by atoms with E-state index in [0.717, 1.165) is 11.8 Å². The van der Waals surface area contributed by atoms with Gasteiger partial charge in [-0.2, -0.15) is 11.8 Å². The van der Waals surface area contributed by atoms with Crippen molar-refractivity contribution in [2.45, 2.75) is 12.5 Å².